The van der Waals surface area contributed by atoms with Crippen LogP contribution in [0.25, 0.3) is 10.9 Å². The fourth-order valence-corrected chi connectivity index (χ4v) is 2.76. The van der Waals surface area contributed by atoms with E-state index in [-0.39, 0.29) is 28.4 Å². The number of halogens is 1. The number of nitro benzene ring substituents is 1. The first-order chi connectivity index (χ1) is 12.4. The van der Waals surface area contributed by atoms with Crippen LogP contribution >= 0.6 is 11.6 Å². The zero-order valence-electron chi connectivity index (χ0n) is 13.6. The number of rotatable bonds is 4. The lowest BCUT2D eigenvalue weighted by Gasteiger charge is -2.17. The van der Waals surface area contributed by atoms with Crippen molar-refractivity contribution >= 4 is 34.1 Å². The Hall–Kier alpha value is -3.26. The first kappa shape index (κ1) is 17.6. The third-order valence-corrected chi connectivity index (χ3v) is 4.10. The molecule has 0 unspecified atom stereocenters. The van der Waals surface area contributed by atoms with Gasteiger partial charge in [0.05, 0.1) is 33.0 Å². The predicted octanol–water partition coefficient (Wildman–Crippen LogP) is 2.76. The fraction of sp³-hybridized carbons (Fsp3) is 0.118. The van der Waals surface area contributed by atoms with Gasteiger partial charge in [-0.25, -0.2) is 4.98 Å². The molecule has 0 aliphatic heterocycles. The van der Waals surface area contributed by atoms with Crippen LogP contribution in [0.5, 0.6) is 0 Å². The molecule has 0 spiro atoms. The maximum atomic E-state index is 12.6. The van der Waals surface area contributed by atoms with Gasteiger partial charge in [0.15, 0.2) is 0 Å². The number of benzene rings is 2. The molecule has 0 saturated carbocycles. The number of hydrogen-bond donors (Lipinski definition) is 1. The number of para-hydroxylation sites is 1. The van der Waals surface area contributed by atoms with Gasteiger partial charge in [0.1, 0.15) is 5.82 Å². The number of nitro groups is 1. The number of aromatic nitrogens is 2. The van der Waals surface area contributed by atoms with Gasteiger partial charge in [0, 0.05) is 19.2 Å². The summed E-state index contributed by atoms with van der Waals surface area (Å²) < 4.78 is 0. The molecule has 132 valence electrons. The van der Waals surface area contributed by atoms with E-state index in [0.717, 1.165) is 6.07 Å². The van der Waals surface area contributed by atoms with Crippen LogP contribution < -0.4 is 5.56 Å². The third-order valence-electron chi connectivity index (χ3n) is 3.79. The minimum Gasteiger partial charge on any atom is -0.334 e. The lowest BCUT2D eigenvalue weighted by Crippen LogP contribution is -2.28. The summed E-state index contributed by atoms with van der Waals surface area (Å²) in [5.74, 6) is -0.122. The van der Waals surface area contributed by atoms with Gasteiger partial charge in [-0.2, -0.15) is 0 Å². The van der Waals surface area contributed by atoms with Gasteiger partial charge in [0.25, 0.3) is 17.2 Å². The lowest BCUT2D eigenvalue weighted by molar-refractivity contribution is -0.384. The molecule has 1 amide bonds. The lowest BCUT2D eigenvalue weighted by atomic mass is 10.2. The zero-order chi connectivity index (χ0) is 18.8. The van der Waals surface area contributed by atoms with Crippen molar-refractivity contribution in [1.29, 1.82) is 0 Å². The topological polar surface area (TPSA) is 109 Å². The summed E-state index contributed by atoms with van der Waals surface area (Å²) in [5, 5.41) is 11.2. The van der Waals surface area contributed by atoms with Crippen molar-refractivity contribution in [3.05, 3.63) is 79.3 Å². The summed E-state index contributed by atoms with van der Waals surface area (Å²) in [6, 6.07) is 10.5. The highest BCUT2D eigenvalue weighted by atomic mass is 35.5. The number of nitrogens with one attached hydrogen (secondary N) is 1. The molecule has 26 heavy (non-hydrogen) atoms. The number of non-ortho nitro benzene ring substituents is 1. The molecule has 3 aromatic rings. The van der Waals surface area contributed by atoms with E-state index >= 15 is 0 Å². The molecular weight excluding hydrogens is 360 g/mol. The van der Waals surface area contributed by atoms with Gasteiger partial charge >= 0.3 is 0 Å². The van der Waals surface area contributed by atoms with Crippen molar-refractivity contribution in [1.82, 2.24) is 14.9 Å². The number of aromatic amines is 1. The molecule has 0 aliphatic carbocycles. The number of hydrogen-bond acceptors (Lipinski definition) is 5. The Labute approximate surface area is 152 Å². The molecule has 0 aliphatic rings. The SMILES string of the molecule is CN(Cc1nc2ccccc2c(=O)[nH]1)C(=O)c1ccc([N+](=O)[O-])cc1Cl. The van der Waals surface area contributed by atoms with Crippen LogP contribution in [0.3, 0.4) is 0 Å². The monoisotopic (exact) mass is 372 g/mol. The average Bonchev–Trinajstić information content (AvgIpc) is 2.61. The molecule has 0 saturated heterocycles. The molecule has 0 atom stereocenters. The van der Waals surface area contributed by atoms with Crippen LogP contribution in [0.4, 0.5) is 5.69 Å². The minimum absolute atomic E-state index is 0.0176. The van der Waals surface area contributed by atoms with Crippen LogP contribution in [-0.4, -0.2) is 32.7 Å². The molecule has 0 fully saturated rings. The maximum absolute atomic E-state index is 12.6. The van der Waals surface area contributed by atoms with Crippen molar-refractivity contribution in [3.8, 4) is 0 Å². The Morgan fingerprint density at radius 1 is 1.31 bits per heavy atom. The summed E-state index contributed by atoms with van der Waals surface area (Å²) >= 11 is 5.99. The number of carbonyl (C=O) groups excluding carboxylic acids is 1. The van der Waals surface area contributed by atoms with E-state index < -0.39 is 10.8 Å². The molecule has 1 N–H and O–H groups in total. The highest BCUT2D eigenvalue weighted by molar-refractivity contribution is 6.34. The van der Waals surface area contributed by atoms with Crippen molar-refractivity contribution < 1.29 is 9.72 Å². The normalized spacial score (nSPS) is 10.7. The van der Waals surface area contributed by atoms with Gasteiger partial charge in [0.2, 0.25) is 0 Å². The first-order valence-corrected chi connectivity index (χ1v) is 7.92. The van der Waals surface area contributed by atoms with E-state index in [1.807, 2.05) is 0 Å². The average molecular weight is 373 g/mol. The second-order valence-electron chi connectivity index (χ2n) is 5.61. The van der Waals surface area contributed by atoms with E-state index in [1.165, 1.54) is 24.1 Å². The maximum Gasteiger partial charge on any atom is 0.270 e. The largest absolute Gasteiger partial charge is 0.334 e. The molecule has 8 nitrogen and oxygen atoms in total. The standard InChI is InChI=1S/C17H13ClN4O4/c1-21(17(24)11-7-6-10(22(25)26)8-13(11)18)9-15-19-14-5-3-2-4-12(14)16(23)20-15/h2-8H,9H2,1H3,(H,19,20,23). The molecule has 0 radical (unpaired) electrons. The molecule has 9 heteroatoms. The second kappa shape index (κ2) is 6.93. The van der Waals surface area contributed by atoms with Crippen molar-refractivity contribution in [2.75, 3.05) is 7.05 Å². The van der Waals surface area contributed by atoms with E-state index in [1.54, 1.807) is 24.3 Å². The number of carbonyl (C=O) groups is 1. The van der Waals surface area contributed by atoms with Crippen LogP contribution in [0.15, 0.2) is 47.3 Å². The number of fused-ring (bicyclic) bond motifs is 1. The van der Waals surface area contributed by atoms with Crippen LogP contribution in [0.2, 0.25) is 5.02 Å². The van der Waals surface area contributed by atoms with Gasteiger partial charge < -0.3 is 9.88 Å². The minimum atomic E-state index is -0.590. The molecule has 1 aromatic heterocycles. The number of amides is 1. The number of nitrogens with zero attached hydrogens (tertiary/aromatic N) is 3. The van der Waals surface area contributed by atoms with Gasteiger partial charge in [-0.15, -0.1) is 0 Å². The Balaban J connectivity index is 1.86. The van der Waals surface area contributed by atoms with Gasteiger partial charge in [-0.1, -0.05) is 23.7 Å². The van der Waals surface area contributed by atoms with E-state index in [0.29, 0.717) is 16.7 Å². The van der Waals surface area contributed by atoms with Gasteiger partial charge in [-0.3, -0.25) is 19.7 Å². The van der Waals surface area contributed by atoms with Crippen molar-refractivity contribution in [3.63, 3.8) is 0 Å². The Morgan fingerprint density at radius 2 is 2.04 bits per heavy atom. The van der Waals surface area contributed by atoms with Crippen molar-refractivity contribution in [2.45, 2.75) is 6.54 Å². The summed E-state index contributed by atoms with van der Waals surface area (Å²) in [7, 11) is 1.52. The quantitative estimate of drug-likeness (QED) is 0.559. The molecule has 0 bridgehead atoms. The van der Waals surface area contributed by atoms with Crippen LogP contribution in [0, 0.1) is 10.1 Å². The summed E-state index contributed by atoms with van der Waals surface area (Å²) in [5.41, 5.74) is 0.165. The molecular formula is C17H13ClN4O4. The van der Waals surface area contributed by atoms with Crippen LogP contribution in [0.1, 0.15) is 16.2 Å². The summed E-state index contributed by atoms with van der Waals surface area (Å²) in [6.45, 7) is 0.0478. The third kappa shape index (κ3) is 3.40. The highest BCUT2D eigenvalue weighted by Crippen LogP contribution is 2.23. The molecule has 1 heterocycles. The molecule has 2 aromatic carbocycles. The van der Waals surface area contributed by atoms with E-state index in [2.05, 4.69) is 9.97 Å². The zero-order valence-corrected chi connectivity index (χ0v) is 14.4. The van der Waals surface area contributed by atoms with Crippen LogP contribution in [-0.2, 0) is 6.54 Å². The van der Waals surface area contributed by atoms with Crippen molar-refractivity contribution in [2.24, 2.45) is 0 Å². The second-order valence-corrected chi connectivity index (χ2v) is 6.02. The smallest absolute Gasteiger partial charge is 0.270 e. The molecule has 3 rings (SSSR count). The Bertz CT molecular complexity index is 1080. The highest BCUT2D eigenvalue weighted by Gasteiger charge is 2.19. The van der Waals surface area contributed by atoms with Gasteiger partial charge in [-0.05, 0) is 18.2 Å². The summed E-state index contributed by atoms with van der Waals surface area (Å²) in [4.78, 5) is 43.1. The van der Waals surface area contributed by atoms with E-state index in [9.17, 15) is 19.7 Å². The summed E-state index contributed by atoms with van der Waals surface area (Å²) in [6.07, 6.45) is 0. The predicted molar refractivity (Wildman–Crippen MR) is 96.3 cm³/mol. The van der Waals surface area contributed by atoms with E-state index in [4.69, 9.17) is 11.6 Å². The fourth-order valence-electron chi connectivity index (χ4n) is 2.50. The Kier molecular flexibility index (Phi) is 4.68. The number of H-pyrrole nitrogens is 1. The first-order valence-electron chi connectivity index (χ1n) is 7.54. The Morgan fingerprint density at radius 3 is 2.73 bits per heavy atom.